The topological polar surface area (TPSA) is 71.1 Å². The van der Waals surface area contributed by atoms with E-state index < -0.39 is 10.0 Å². The first-order chi connectivity index (χ1) is 8.85. The van der Waals surface area contributed by atoms with Crippen LogP contribution in [0, 0.1) is 5.92 Å². The van der Waals surface area contributed by atoms with Crippen molar-refractivity contribution in [3.8, 4) is 0 Å². The van der Waals surface area contributed by atoms with Crippen molar-refractivity contribution in [3.05, 3.63) is 18.3 Å². The molecule has 1 aromatic rings. The third-order valence-electron chi connectivity index (χ3n) is 2.84. The highest BCUT2D eigenvalue weighted by molar-refractivity contribution is 7.89. The lowest BCUT2D eigenvalue weighted by molar-refractivity contribution is 0.485. The maximum Gasteiger partial charge on any atom is 0.242 e. The summed E-state index contributed by atoms with van der Waals surface area (Å²) in [4.78, 5) is 4.21. The molecule has 0 bridgehead atoms. The van der Waals surface area contributed by atoms with Crippen LogP contribution in [0.2, 0.25) is 0 Å². The van der Waals surface area contributed by atoms with Crippen molar-refractivity contribution in [2.45, 2.75) is 44.6 Å². The molecule has 0 fully saturated rings. The molecule has 0 radical (unpaired) electrons. The van der Waals surface area contributed by atoms with Crippen molar-refractivity contribution < 1.29 is 8.42 Å². The van der Waals surface area contributed by atoms with Crippen LogP contribution in [0.4, 0.5) is 5.82 Å². The summed E-state index contributed by atoms with van der Waals surface area (Å²) in [7, 11) is -1.73. The highest BCUT2D eigenvalue weighted by Crippen LogP contribution is 2.13. The van der Waals surface area contributed by atoms with E-state index in [-0.39, 0.29) is 10.9 Å². The Bertz CT molecular complexity index is 483. The number of pyridine rings is 1. The maximum absolute atomic E-state index is 12.1. The molecule has 6 heteroatoms. The van der Waals surface area contributed by atoms with E-state index in [0.717, 1.165) is 12.8 Å². The van der Waals surface area contributed by atoms with E-state index in [2.05, 4.69) is 28.9 Å². The Labute approximate surface area is 115 Å². The van der Waals surface area contributed by atoms with E-state index in [0.29, 0.717) is 11.7 Å². The molecule has 0 aliphatic carbocycles. The van der Waals surface area contributed by atoms with Gasteiger partial charge >= 0.3 is 0 Å². The summed E-state index contributed by atoms with van der Waals surface area (Å²) in [6.07, 6.45) is 3.20. The first-order valence-electron chi connectivity index (χ1n) is 6.51. The number of aromatic nitrogens is 1. The molecular weight excluding hydrogens is 262 g/mol. The Kier molecular flexibility index (Phi) is 5.75. The Morgan fingerprint density at radius 3 is 2.37 bits per heavy atom. The molecule has 1 aromatic heterocycles. The SMILES string of the molecule is CNc1ccc(S(=O)(=O)NC(C)CCC(C)C)cn1. The fraction of sp³-hybridized carbons (Fsp3) is 0.615. The number of hydrogen-bond acceptors (Lipinski definition) is 4. The van der Waals surface area contributed by atoms with Gasteiger partial charge in [0.1, 0.15) is 10.7 Å². The van der Waals surface area contributed by atoms with Crippen LogP contribution in [0.15, 0.2) is 23.2 Å². The fourth-order valence-corrected chi connectivity index (χ4v) is 2.88. The number of nitrogens with one attached hydrogen (secondary N) is 2. The summed E-state index contributed by atoms with van der Waals surface area (Å²) in [5, 5.41) is 2.85. The van der Waals surface area contributed by atoms with E-state index in [1.54, 1.807) is 19.2 Å². The van der Waals surface area contributed by atoms with E-state index >= 15 is 0 Å². The molecule has 0 aromatic carbocycles. The molecule has 1 unspecified atom stereocenters. The maximum atomic E-state index is 12.1. The third kappa shape index (κ3) is 5.16. The summed E-state index contributed by atoms with van der Waals surface area (Å²) < 4.78 is 26.9. The number of hydrogen-bond donors (Lipinski definition) is 2. The van der Waals surface area contributed by atoms with Crippen molar-refractivity contribution in [3.63, 3.8) is 0 Å². The molecule has 108 valence electrons. The van der Waals surface area contributed by atoms with Crippen molar-refractivity contribution in [2.24, 2.45) is 5.92 Å². The number of nitrogens with zero attached hydrogens (tertiary/aromatic N) is 1. The normalized spacial score (nSPS) is 13.5. The van der Waals surface area contributed by atoms with E-state index in [4.69, 9.17) is 0 Å². The summed E-state index contributed by atoms with van der Waals surface area (Å²) >= 11 is 0. The molecule has 1 rings (SSSR count). The number of sulfonamides is 1. The van der Waals surface area contributed by atoms with Gasteiger partial charge in [-0.25, -0.2) is 18.1 Å². The number of anilines is 1. The van der Waals surface area contributed by atoms with Crippen LogP contribution in [-0.2, 0) is 10.0 Å². The molecule has 1 atom stereocenters. The molecule has 0 saturated heterocycles. The smallest absolute Gasteiger partial charge is 0.242 e. The lowest BCUT2D eigenvalue weighted by Gasteiger charge is -2.15. The monoisotopic (exact) mass is 285 g/mol. The summed E-state index contributed by atoms with van der Waals surface area (Å²) in [6, 6.07) is 3.13. The van der Waals surface area contributed by atoms with Gasteiger partial charge in [0.25, 0.3) is 0 Å². The summed E-state index contributed by atoms with van der Waals surface area (Å²) in [5.74, 6) is 1.22. The van der Waals surface area contributed by atoms with E-state index in [1.165, 1.54) is 6.20 Å². The zero-order valence-electron chi connectivity index (χ0n) is 12.0. The van der Waals surface area contributed by atoms with Crippen molar-refractivity contribution in [2.75, 3.05) is 12.4 Å². The minimum atomic E-state index is -3.47. The zero-order valence-corrected chi connectivity index (χ0v) is 12.8. The van der Waals surface area contributed by atoms with Gasteiger partial charge in [0.15, 0.2) is 0 Å². The average molecular weight is 285 g/mol. The fourth-order valence-electron chi connectivity index (χ4n) is 1.66. The van der Waals surface area contributed by atoms with Crippen LogP contribution in [-0.4, -0.2) is 26.5 Å². The summed E-state index contributed by atoms with van der Waals surface area (Å²) in [5.41, 5.74) is 0. The lowest BCUT2D eigenvalue weighted by Crippen LogP contribution is -2.32. The Morgan fingerprint density at radius 1 is 1.21 bits per heavy atom. The van der Waals surface area contributed by atoms with Gasteiger partial charge < -0.3 is 5.32 Å². The largest absolute Gasteiger partial charge is 0.373 e. The molecule has 5 nitrogen and oxygen atoms in total. The Balaban J connectivity index is 2.69. The zero-order chi connectivity index (χ0) is 14.5. The lowest BCUT2D eigenvalue weighted by atomic mass is 10.1. The second-order valence-corrected chi connectivity index (χ2v) is 6.84. The van der Waals surface area contributed by atoms with Crippen molar-refractivity contribution in [1.82, 2.24) is 9.71 Å². The molecular formula is C13H23N3O2S. The average Bonchev–Trinajstić information content (AvgIpc) is 2.36. The minimum Gasteiger partial charge on any atom is -0.373 e. The van der Waals surface area contributed by atoms with Gasteiger partial charge in [-0.2, -0.15) is 0 Å². The van der Waals surface area contributed by atoms with Crippen LogP contribution < -0.4 is 10.0 Å². The minimum absolute atomic E-state index is 0.0728. The molecule has 0 saturated carbocycles. The first-order valence-corrected chi connectivity index (χ1v) is 7.99. The predicted molar refractivity (Wildman–Crippen MR) is 77.6 cm³/mol. The quantitative estimate of drug-likeness (QED) is 0.806. The van der Waals surface area contributed by atoms with Gasteiger partial charge in [-0.15, -0.1) is 0 Å². The first kappa shape index (κ1) is 15.9. The van der Waals surface area contributed by atoms with Crippen LogP contribution in [0.5, 0.6) is 0 Å². The highest BCUT2D eigenvalue weighted by atomic mass is 32.2. The van der Waals surface area contributed by atoms with Crippen molar-refractivity contribution in [1.29, 1.82) is 0 Å². The van der Waals surface area contributed by atoms with Gasteiger partial charge in [-0.1, -0.05) is 13.8 Å². The van der Waals surface area contributed by atoms with Gasteiger partial charge in [-0.3, -0.25) is 0 Å². The van der Waals surface area contributed by atoms with Gasteiger partial charge in [0.05, 0.1) is 0 Å². The van der Waals surface area contributed by atoms with Crippen LogP contribution in [0.25, 0.3) is 0 Å². The second kappa shape index (κ2) is 6.86. The number of rotatable bonds is 7. The van der Waals surface area contributed by atoms with Gasteiger partial charge in [0, 0.05) is 19.3 Å². The molecule has 0 aliphatic heterocycles. The molecule has 19 heavy (non-hydrogen) atoms. The Morgan fingerprint density at radius 2 is 1.89 bits per heavy atom. The summed E-state index contributed by atoms with van der Waals surface area (Å²) in [6.45, 7) is 6.14. The van der Waals surface area contributed by atoms with Crippen LogP contribution in [0.1, 0.15) is 33.6 Å². The third-order valence-corrected chi connectivity index (χ3v) is 4.41. The standard InChI is InChI=1S/C13H23N3O2S/c1-10(2)5-6-11(3)16-19(17,18)12-7-8-13(14-4)15-9-12/h7-11,16H,5-6H2,1-4H3,(H,14,15). The molecule has 2 N–H and O–H groups in total. The van der Waals surface area contributed by atoms with Crippen LogP contribution in [0.3, 0.4) is 0 Å². The highest BCUT2D eigenvalue weighted by Gasteiger charge is 2.17. The molecule has 0 amide bonds. The van der Waals surface area contributed by atoms with Crippen LogP contribution >= 0.6 is 0 Å². The van der Waals surface area contributed by atoms with E-state index in [9.17, 15) is 8.42 Å². The molecule has 0 aliphatic rings. The van der Waals surface area contributed by atoms with Crippen molar-refractivity contribution >= 4 is 15.8 Å². The Hall–Kier alpha value is -1.14. The van der Waals surface area contributed by atoms with E-state index in [1.807, 2.05) is 6.92 Å². The predicted octanol–water partition coefficient (Wildman–Crippen LogP) is 2.23. The second-order valence-electron chi connectivity index (χ2n) is 5.12. The van der Waals surface area contributed by atoms with Gasteiger partial charge in [-0.05, 0) is 37.8 Å². The molecule has 0 spiro atoms. The molecule has 1 heterocycles. The van der Waals surface area contributed by atoms with Gasteiger partial charge in [0.2, 0.25) is 10.0 Å².